The van der Waals surface area contributed by atoms with Crippen molar-refractivity contribution >= 4 is 11.9 Å². The fourth-order valence-corrected chi connectivity index (χ4v) is 1.82. The van der Waals surface area contributed by atoms with E-state index < -0.39 is 17.9 Å². The zero-order valence-corrected chi connectivity index (χ0v) is 11.0. The van der Waals surface area contributed by atoms with Gasteiger partial charge >= 0.3 is 5.97 Å². The molecule has 1 amide bonds. The maximum Gasteiger partial charge on any atom is 0.326 e. The Balaban J connectivity index is 2.06. The molecule has 0 bridgehead atoms. The van der Waals surface area contributed by atoms with Crippen LogP contribution in [0, 0.1) is 0 Å². The zero-order valence-electron chi connectivity index (χ0n) is 11.0. The Kier molecular flexibility index (Phi) is 4.14. The molecule has 0 fully saturated rings. The lowest BCUT2D eigenvalue weighted by molar-refractivity contribution is -0.139. The van der Waals surface area contributed by atoms with Crippen LogP contribution in [0.25, 0.3) is 0 Å². The van der Waals surface area contributed by atoms with Crippen molar-refractivity contribution in [2.75, 3.05) is 0 Å². The normalized spacial score (nSPS) is 11.8. The first-order valence-corrected chi connectivity index (χ1v) is 6.13. The minimum atomic E-state index is -1.07. The predicted octanol–water partition coefficient (Wildman–Crippen LogP) is 0.846. The molecule has 0 aliphatic rings. The third-order valence-corrected chi connectivity index (χ3v) is 2.83. The molecule has 1 atom stereocenters. The summed E-state index contributed by atoms with van der Waals surface area (Å²) in [6.07, 6.45) is 1.86. The van der Waals surface area contributed by atoms with E-state index in [2.05, 4.69) is 10.4 Å². The van der Waals surface area contributed by atoms with Crippen LogP contribution < -0.4 is 5.32 Å². The number of carboxylic acids is 1. The van der Waals surface area contributed by atoms with Crippen molar-refractivity contribution in [1.82, 2.24) is 15.1 Å². The third kappa shape index (κ3) is 3.44. The summed E-state index contributed by atoms with van der Waals surface area (Å²) in [6.45, 7) is 0. The van der Waals surface area contributed by atoms with Gasteiger partial charge in [0, 0.05) is 19.7 Å². The highest BCUT2D eigenvalue weighted by molar-refractivity contribution is 5.94. The highest BCUT2D eigenvalue weighted by atomic mass is 16.4. The van der Waals surface area contributed by atoms with Crippen molar-refractivity contribution in [2.45, 2.75) is 12.5 Å². The summed E-state index contributed by atoms with van der Waals surface area (Å²) in [4.78, 5) is 23.1. The van der Waals surface area contributed by atoms with Crippen molar-refractivity contribution in [3.63, 3.8) is 0 Å². The largest absolute Gasteiger partial charge is 0.480 e. The molecule has 2 N–H and O–H groups in total. The smallest absolute Gasteiger partial charge is 0.326 e. The fraction of sp³-hybridized carbons (Fsp3) is 0.214. The van der Waals surface area contributed by atoms with Crippen LogP contribution in [0.5, 0.6) is 0 Å². The number of nitrogens with zero attached hydrogens (tertiary/aromatic N) is 2. The van der Waals surface area contributed by atoms with Crippen LogP contribution in [0.1, 0.15) is 16.1 Å². The molecule has 0 radical (unpaired) electrons. The molecule has 0 spiro atoms. The topological polar surface area (TPSA) is 84.2 Å². The number of nitrogens with one attached hydrogen (secondary N) is 1. The van der Waals surface area contributed by atoms with Crippen LogP contribution in [-0.2, 0) is 18.3 Å². The van der Waals surface area contributed by atoms with E-state index in [1.54, 1.807) is 13.2 Å². The Hall–Kier alpha value is -2.63. The number of carbonyl (C=O) groups is 2. The lowest BCUT2D eigenvalue weighted by Crippen LogP contribution is -2.42. The van der Waals surface area contributed by atoms with Crippen LogP contribution in [0.3, 0.4) is 0 Å². The predicted molar refractivity (Wildman–Crippen MR) is 72.2 cm³/mol. The van der Waals surface area contributed by atoms with Crippen LogP contribution >= 0.6 is 0 Å². The molecule has 1 aromatic carbocycles. The lowest BCUT2D eigenvalue weighted by Gasteiger charge is -2.13. The average Bonchev–Trinajstić information content (AvgIpc) is 2.86. The van der Waals surface area contributed by atoms with E-state index in [-0.39, 0.29) is 12.1 Å². The molecule has 0 saturated carbocycles. The van der Waals surface area contributed by atoms with E-state index in [9.17, 15) is 14.7 Å². The third-order valence-electron chi connectivity index (χ3n) is 2.83. The van der Waals surface area contributed by atoms with Gasteiger partial charge in [-0.15, -0.1) is 0 Å². The number of benzene rings is 1. The number of carbonyl (C=O) groups excluding carboxylic acids is 1. The molecular weight excluding hydrogens is 258 g/mol. The summed E-state index contributed by atoms with van der Waals surface area (Å²) in [5, 5.41) is 15.6. The molecular formula is C14H15N3O3. The number of amides is 1. The summed E-state index contributed by atoms with van der Waals surface area (Å²) in [6, 6.07) is 9.71. The number of hydrogen-bond donors (Lipinski definition) is 2. The number of aliphatic carboxylic acids is 1. The highest BCUT2D eigenvalue weighted by Crippen LogP contribution is 2.04. The fourth-order valence-electron chi connectivity index (χ4n) is 1.82. The first kappa shape index (κ1) is 13.8. The Morgan fingerprint density at radius 3 is 2.55 bits per heavy atom. The highest BCUT2D eigenvalue weighted by Gasteiger charge is 2.22. The number of aromatic nitrogens is 2. The van der Waals surface area contributed by atoms with Crippen molar-refractivity contribution in [3.8, 4) is 0 Å². The minimum absolute atomic E-state index is 0.201. The van der Waals surface area contributed by atoms with E-state index >= 15 is 0 Å². The zero-order chi connectivity index (χ0) is 14.5. The summed E-state index contributed by atoms with van der Waals surface area (Å²) in [7, 11) is 1.69. The average molecular weight is 273 g/mol. The van der Waals surface area contributed by atoms with Crippen molar-refractivity contribution in [2.24, 2.45) is 7.05 Å². The standard InChI is InChI=1S/C14H15N3O3/c1-17-8-7-11(16-17)13(18)15-12(14(19)20)9-10-5-3-2-4-6-10/h2-8,12H,9H2,1H3,(H,15,18)(H,19,20)/t12-/m0/s1. The van der Waals surface area contributed by atoms with Gasteiger partial charge in [-0.25, -0.2) is 4.79 Å². The van der Waals surface area contributed by atoms with Crippen LogP contribution in [0.2, 0.25) is 0 Å². The van der Waals surface area contributed by atoms with E-state index in [0.29, 0.717) is 0 Å². The first-order chi connectivity index (χ1) is 9.56. The number of hydrogen-bond acceptors (Lipinski definition) is 3. The quantitative estimate of drug-likeness (QED) is 0.845. The van der Waals surface area contributed by atoms with Gasteiger partial charge in [0.25, 0.3) is 5.91 Å². The molecule has 0 saturated heterocycles. The number of carboxylic acid groups (broad SMARTS) is 1. The molecule has 0 unspecified atom stereocenters. The van der Waals surface area contributed by atoms with E-state index in [0.717, 1.165) is 5.56 Å². The SMILES string of the molecule is Cn1ccc(C(=O)N[C@@H](Cc2ccccc2)C(=O)O)n1. The molecule has 6 nitrogen and oxygen atoms in total. The Morgan fingerprint density at radius 1 is 1.30 bits per heavy atom. The Morgan fingerprint density at radius 2 is 2.00 bits per heavy atom. The van der Waals surface area contributed by atoms with Crippen LogP contribution in [0.15, 0.2) is 42.6 Å². The maximum atomic E-state index is 11.9. The van der Waals surface area contributed by atoms with Gasteiger partial charge in [-0.3, -0.25) is 9.48 Å². The lowest BCUT2D eigenvalue weighted by atomic mass is 10.1. The van der Waals surface area contributed by atoms with Gasteiger partial charge in [-0.2, -0.15) is 5.10 Å². The van der Waals surface area contributed by atoms with Crippen LogP contribution in [0.4, 0.5) is 0 Å². The molecule has 0 aliphatic carbocycles. The number of aryl methyl sites for hydroxylation is 1. The van der Waals surface area contributed by atoms with Gasteiger partial charge in [-0.05, 0) is 11.6 Å². The minimum Gasteiger partial charge on any atom is -0.480 e. The molecule has 1 heterocycles. The second kappa shape index (κ2) is 6.01. The Bertz CT molecular complexity index is 607. The van der Waals surface area contributed by atoms with E-state index in [1.807, 2.05) is 30.3 Å². The second-order valence-corrected chi connectivity index (χ2v) is 4.43. The number of rotatable bonds is 5. The van der Waals surface area contributed by atoms with Gasteiger partial charge < -0.3 is 10.4 Å². The monoisotopic (exact) mass is 273 g/mol. The Labute approximate surface area is 116 Å². The molecule has 6 heteroatoms. The van der Waals surface area contributed by atoms with Gasteiger partial charge in [0.05, 0.1) is 0 Å². The molecule has 2 aromatic rings. The van der Waals surface area contributed by atoms with Crippen LogP contribution in [-0.4, -0.2) is 32.8 Å². The molecule has 1 aromatic heterocycles. The molecule has 2 rings (SSSR count). The molecule has 20 heavy (non-hydrogen) atoms. The van der Waals surface area contributed by atoms with Gasteiger partial charge in [0.1, 0.15) is 11.7 Å². The summed E-state index contributed by atoms with van der Waals surface area (Å²) in [5.41, 5.74) is 1.05. The summed E-state index contributed by atoms with van der Waals surface area (Å²) >= 11 is 0. The molecule has 104 valence electrons. The van der Waals surface area contributed by atoms with Crippen molar-refractivity contribution < 1.29 is 14.7 Å². The first-order valence-electron chi connectivity index (χ1n) is 6.13. The van der Waals surface area contributed by atoms with Gasteiger partial charge in [0.15, 0.2) is 0 Å². The van der Waals surface area contributed by atoms with Crippen molar-refractivity contribution in [1.29, 1.82) is 0 Å². The maximum absolute atomic E-state index is 11.9. The van der Waals surface area contributed by atoms with Crippen molar-refractivity contribution in [3.05, 3.63) is 53.9 Å². The second-order valence-electron chi connectivity index (χ2n) is 4.43. The molecule has 0 aliphatic heterocycles. The summed E-state index contributed by atoms with van der Waals surface area (Å²) < 4.78 is 1.49. The van der Waals surface area contributed by atoms with E-state index in [4.69, 9.17) is 0 Å². The van der Waals surface area contributed by atoms with Gasteiger partial charge in [0.2, 0.25) is 0 Å². The summed E-state index contributed by atoms with van der Waals surface area (Å²) in [5.74, 6) is -1.56. The van der Waals surface area contributed by atoms with E-state index in [1.165, 1.54) is 10.7 Å². The van der Waals surface area contributed by atoms with Gasteiger partial charge in [-0.1, -0.05) is 30.3 Å².